The van der Waals surface area contributed by atoms with Gasteiger partial charge in [0.15, 0.2) is 0 Å². The predicted octanol–water partition coefficient (Wildman–Crippen LogP) is 1.53. The van der Waals surface area contributed by atoms with Gasteiger partial charge >= 0.3 is 12.2 Å². The second kappa shape index (κ2) is 8.43. The summed E-state index contributed by atoms with van der Waals surface area (Å²) in [5.74, 6) is -0.151. The molecule has 1 aromatic carbocycles. The molecular weight excluding hydrogens is 401 g/mol. The molecule has 7 nitrogen and oxygen atoms in total. The van der Waals surface area contributed by atoms with Gasteiger partial charge in [-0.1, -0.05) is 12.1 Å². The number of nitrogens with zero attached hydrogens (tertiary/aromatic N) is 3. The van der Waals surface area contributed by atoms with Crippen LogP contribution in [0.4, 0.5) is 18.0 Å². The SMILES string of the molecule is O=C1CO[C@H]2CCN(C(=O)N3CCN(Cc4ccc(C(F)(F)F)cc4)CC3)C[C@H]2N1. The van der Waals surface area contributed by atoms with E-state index < -0.39 is 11.7 Å². The number of nitrogens with one attached hydrogen (secondary N) is 1. The summed E-state index contributed by atoms with van der Waals surface area (Å²) in [7, 11) is 0. The Kier molecular flexibility index (Phi) is 5.88. The van der Waals surface area contributed by atoms with Crippen molar-refractivity contribution in [3.8, 4) is 0 Å². The summed E-state index contributed by atoms with van der Waals surface area (Å²) in [5, 5.41) is 2.90. The molecule has 0 spiro atoms. The number of halogens is 3. The lowest BCUT2D eigenvalue weighted by atomic mass is 10.0. The van der Waals surface area contributed by atoms with Gasteiger partial charge in [-0.2, -0.15) is 13.2 Å². The third-order valence-electron chi connectivity index (χ3n) is 5.93. The van der Waals surface area contributed by atoms with Crippen LogP contribution < -0.4 is 5.32 Å². The molecule has 3 fully saturated rings. The monoisotopic (exact) mass is 426 g/mol. The van der Waals surface area contributed by atoms with Gasteiger partial charge in [0.1, 0.15) is 6.61 Å². The van der Waals surface area contributed by atoms with Crippen LogP contribution in [0.5, 0.6) is 0 Å². The van der Waals surface area contributed by atoms with Gasteiger partial charge in [0.2, 0.25) is 5.91 Å². The minimum Gasteiger partial charge on any atom is -0.366 e. The molecule has 3 aliphatic heterocycles. The number of piperazine rings is 1. The summed E-state index contributed by atoms with van der Waals surface area (Å²) in [5.41, 5.74) is 0.169. The van der Waals surface area contributed by atoms with E-state index in [1.807, 2.05) is 0 Å². The molecule has 0 radical (unpaired) electrons. The molecule has 30 heavy (non-hydrogen) atoms. The van der Waals surface area contributed by atoms with Gasteiger partial charge in [-0.15, -0.1) is 0 Å². The molecule has 1 aromatic rings. The second-order valence-corrected chi connectivity index (χ2v) is 8.00. The molecule has 3 amide bonds. The number of likely N-dealkylation sites (tertiary alicyclic amines) is 1. The number of piperidine rings is 1. The lowest BCUT2D eigenvalue weighted by molar-refractivity contribution is -0.140. The van der Waals surface area contributed by atoms with Crippen LogP contribution in [0.1, 0.15) is 17.5 Å². The van der Waals surface area contributed by atoms with Crippen LogP contribution in [-0.4, -0.2) is 84.7 Å². The topological polar surface area (TPSA) is 65.1 Å². The Hall–Kier alpha value is -2.33. The first-order valence-electron chi connectivity index (χ1n) is 10.1. The molecule has 0 aliphatic carbocycles. The van der Waals surface area contributed by atoms with Crippen LogP contribution in [0.2, 0.25) is 0 Å². The molecular formula is C20H25F3N4O3. The zero-order valence-corrected chi connectivity index (χ0v) is 16.5. The minimum atomic E-state index is -4.33. The summed E-state index contributed by atoms with van der Waals surface area (Å²) < 4.78 is 43.6. The molecule has 3 saturated heterocycles. The van der Waals surface area contributed by atoms with Crippen LogP contribution in [-0.2, 0) is 22.3 Å². The molecule has 0 unspecified atom stereocenters. The van der Waals surface area contributed by atoms with Crippen LogP contribution >= 0.6 is 0 Å². The van der Waals surface area contributed by atoms with Crippen molar-refractivity contribution in [2.45, 2.75) is 31.3 Å². The number of carbonyl (C=O) groups excluding carboxylic acids is 2. The van der Waals surface area contributed by atoms with Crippen LogP contribution in [0.15, 0.2) is 24.3 Å². The van der Waals surface area contributed by atoms with E-state index in [0.29, 0.717) is 52.2 Å². The number of ether oxygens (including phenoxy) is 1. The summed E-state index contributed by atoms with van der Waals surface area (Å²) in [4.78, 5) is 30.1. The average Bonchev–Trinajstić information content (AvgIpc) is 2.73. The van der Waals surface area contributed by atoms with Crippen molar-refractivity contribution in [2.75, 3.05) is 45.9 Å². The van der Waals surface area contributed by atoms with Gasteiger partial charge in [-0.25, -0.2) is 4.79 Å². The second-order valence-electron chi connectivity index (χ2n) is 8.00. The van der Waals surface area contributed by atoms with Crippen LogP contribution in [0.25, 0.3) is 0 Å². The van der Waals surface area contributed by atoms with E-state index in [1.54, 1.807) is 9.80 Å². The smallest absolute Gasteiger partial charge is 0.366 e. The number of benzene rings is 1. The van der Waals surface area contributed by atoms with Gasteiger partial charge in [0.25, 0.3) is 0 Å². The fourth-order valence-electron chi connectivity index (χ4n) is 4.23. The fraction of sp³-hybridized carbons (Fsp3) is 0.600. The van der Waals surface area contributed by atoms with Crippen LogP contribution in [0.3, 0.4) is 0 Å². The number of urea groups is 1. The molecule has 0 bridgehead atoms. The van der Waals surface area contributed by atoms with E-state index in [2.05, 4.69) is 10.2 Å². The highest BCUT2D eigenvalue weighted by Gasteiger charge is 2.38. The normalized spacial score (nSPS) is 25.6. The average molecular weight is 426 g/mol. The number of fused-ring (bicyclic) bond motifs is 1. The minimum absolute atomic E-state index is 0.0349. The maximum atomic E-state index is 12.9. The van der Waals surface area contributed by atoms with E-state index in [1.165, 1.54) is 12.1 Å². The number of rotatable bonds is 2. The van der Waals surface area contributed by atoms with Crippen molar-refractivity contribution in [1.82, 2.24) is 20.0 Å². The molecule has 2 atom stereocenters. The molecule has 3 aliphatic rings. The van der Waals surface area contributed by atoms with Gasteiger partial charge in [-0.05, 0) is 24.1 Å². The first-order valence-corrected chi connectivity index (χ1v) is 10.1. The van der Waals surface area contributed by atoms with Crippen molar-refractivity contribution >= 4 is 11.9 Å². The van der Waals surface area contributed by atoms with E-state index in [9.17, 15) is 22.8 Å². The molecule has 3 heterocycles. The Labute approximate surface area is 172 Å². The predicted molar refractivity (Wildman–Crippen MR) is 102 cm³/mol. The summed E-state index contributed by atoms with van der Waals surface area (Å²) in [6.07, 6.45) is -3.66. The number of alkyl halides is 3. The zero-order chi connectivity index (χ0) is 21.3. The largest absolute Gasteiger partial charge is 0.416 e. The summed E-state index contributed by atoms with van der Waals surface area (Å²) in [6.45, 7) is 4.12. The van der Waals surface area contributed by atoms with Crippen molar-refractivity contribution in [3.05, 3.63) is 35.4 Å². The van der Waals surface area contributed by atoms with Crippen molar-refractivity contribution in [1.29, 1.82) is 0 Å². The van der Waals surface area contributed by atoms with E-state index in [0.717, 1.165) is 17.7 Å². The molecule has 10 heteroatoms. The first-order chi connectivity index (χ1) is 14.3. The number of morpholine rings is 1. The molecule has 0 aromatic heterocycles. The molecule has 164 valence electrons. The summed E-state index contributed by atoms with van der Waals surface area (Å²) in [6, 6.07) is 5.02. The quantitative estimate of drug-likeness (QED) is 0.779. The van der Waals surface area contributed by atoms with Gasteiger partial charge in [-0.3, -0.25) is 9.69 Å². The third kappa shape index (κ3) is 4.70. The maximum absolute atomic E-state index is 12.9. The molecule has 4 rings (SSSR count). The Morgan fingerprint density at radius 3 is 2.43 bits per heavy atom. The molecule has 0 saturated carbocycles. The van der Waals surface area contributed by atoms with E-state index in [4.69, 9.17) is 4.74 Å². The lowest BCUT2D eigenvalue weighted by Gasteiger charge is -2.43. The third-order valence-corrected chi connectivity index (χ3v) is 5.93. The van der Waals surface area contributed by atoms with Crippen molar-refractivity contribution in [3.63, 3.8) is 0 Å². The summed E-state index contributed by atoms with van der Waals surface area (Å²) >= 11 is 0. The Bertz CT molecular complexity index is 778. The van der Waals surface area contributed by atoms with Crippen molar-refractivity contribution in [2.24, 2.45) is 0 Å². The highest BCUT2D eigenvalue weighted by atomic mass is 19.4. The zero-order valence-electron chi connectivity index (χ0n) is 16.5. The van der Waals surface area contributed by atoms with Gasteiger partial charge < -0.3 is 19.9 Å². The number of hydrogen-bond donors (Lipinski definition) is 1. The maximum Gasteiger partial charge on any atom is 0.416 e. The van der Waals surface area contributed by atoms with E-state index in [-0.39, 0.29) is 30.7 Å². The first kappa shape index (κ1) is 20.9. The number of carbonyl (C=O) groups is 2. The number of amides is 3. The van der Waals surface area contributed by atoms with Crippen molar-refractivity contribution < 1.29 is 27.5 Å². The highest BCUT2D eigenvalue weighted by molar-refractivity contribution is 5.79. The van der Waals surface area contributed by atoms with Gasteiger partial charge in [0, 0.05) is 45.8 Å². The van der Waals surface area contributed by atoms with Gasteiger partial charge in [0.05, 0.1) is 17.7 Å². The molecule has 1 N–H and O–H groups in total. The number of hydrogen-bond acceptors (Lipinski definition) is 4. The Morgan fingerprint density at radius 2 is 1.77 bits per heavy atom. The van der Waals surface area contributed by atoms with Crippen LogP contribution in [0, 0.1) is 0 Å². The lowest BCUT2D eigenvalue weighted by Crippen LogP contribution is -2.63. The van der Waals surface area contributed by atoms with E-state index >= 15 is 0 Å². The standard InChI is InChI=1S/C20H25F3N4O3/c21-20(22,23)15-3-1-14(2-4-15)11-25-7-9-26(10-8-25)19(29)27-6-5-17-16(12-27)24-18(28)13-30-17/h1-4,16-17H,5-13H2,(H,24,28)/t16-,17+/m1/s1. The fourth-order valence-corrected chi connectivity index (χ4v) is 4.23. The Balaban J connectivity index is 1.26. The highest BCUT2D eigenvalue weighted by Crippen LogP contribution is 2.29. The Morgan fingerprint density at radius 1 is 1.07 bits per heavy atom.